The van der Waals surface area contributed by atoms with E-state index in [-0.39, 0.29) is 18.0 Å². The summed E-state index contributed by atoms with van der Waals surface area (Å²) in [6.07, 6.45) is 0. The predicted molar refractivity (Wildman–Crippen MR) is 94.7 cm³/mol. The van der Waals surface area contributed by atoms with Gasteiger partial charge in [-0.1, -0.05) is 30.3 Å². The molecule has 2 aromatic rings. The first-order valence-corrected chi connectivity index (χ1v) is 9.86. The van der Waals surface area contributed by atoms with Crippen LogP contribution in [0.15, 0.2) is 59.5 Å². The molecular formula is C19H20FNO4S. The maximum absolute atomic E-state index is 13.3. The maximum atomic E-state index is 13.3. The highest BCUT2D eigenvalue weighted by atomic mass is 32.2. The standard InChI is InChI=1S/C19H20FNO4S/c1-2-25-18(22)19(12-21)16(13-8-10-14(20)11-9-13)17(19)26(23,24)15-6-4-3-5-7-15/h3-11,16-17H,2,12,21H2,1H3/t16-,17+,19+/m1/s1. The predicted octanol–water partition coefficient (Wildman–Crippen LogP) is 2.27. The first kappa shape index (κ1) is 18.5. The molecule has 0 unspecified atom stereocenters. The number of benzene rings is 2. The van der Waals surface area contributed by atoms with E-state index in [1.165, 1.54) is 36.4 Å². The van der Waals surface area contributed by atoms with Gasteiger partial charge in [0.25, 0.3) is 0 Å². The van der Waals surface area contributed by atoms with E-state index in [0.29, 0.717) is 5.56 Å². The number of hydrogen-bond donors (Lipinski definition) is 1. The number of nitrogens with two attached hydrogens (primary N) is 1. The molecule has 0 aliphatic heterocycles. The summed E-state index contributed by atoms with van der Waals surface area (Å²) in [6, 6.07) is 13.4. The molecule has 0 radical (unpaired) electrons. The Bertz CT molecular complexity index is 899. The first-order chi connectivity index (χ1) is 12.4. The fraction of sp³-hybridized carbons (Fsp3) is 0.316. The van der Waals surface area contributed by atoms with Gasteiger partial charge in [-0.3, -0.25) is 4.79 Å². The lowest BCUT2D eigenvalue weighted by molar-refractivity contribution is -0.149. The van der Waals surface area contributed by atoms with Crippen LogP contribution >= 0.6 is 0 Å². The Balaban J connectivity index is 2.11. The van der Waals surface area contributed by atoms with E-state index >= 15 is 0 Å². The minimum atomic E-state index is -3.83. The third-order valence-electron chi connectivity index (χ3n) is 4.88. The van der Waals surface area contributed by atoms with Crippen LogP contribution in [0.4, 0.5) is 4.39 Å². The number of hydrogen-bond acceptors (Lipinski definition) is 5. The molecule has 26 heavy (non-hydrogen) atoms. The summed E-state index contributed by atoms with van der Waals surface area (Å²) in [4.78, 5) is 12.8. The fourth-order valence-corrected chi connectivity index (χ4v) is 6.00. The summed E-state index contributed by atoms with van der Waals surface area (Å²) >= 11 is 0. The van der Waals surface area contributed by atoms with Crippen molar-refractivity contribution in [3.05, 3.63) is 66.0 Å². The van der Waals surface area contributed by atoms with Crippen LogP contribution in [0.3, 0.4) is 0 Å². The number of carbonyl (C=O) groups excluding carboxylic acids is 1. The van der Waals surface area contributed by atoms with Gasteiger partial charge in [-0.25, -0.2) is 12.8 Å². The Morgan fingerprint density at radius 3 is 2.31 bits per heavy atom. The number of rotatable bonds is 6. The molecule has 0 aromatic heterocycles. The molecule has 5 nitrogen and oxygen atoms in total. The van der Waals surface area contributed by atoms with Crippen molar-refractivity contribution in [2.45, 2.75) is 23.0 Å². The molecule has 0 heterocycles. The highest BCUT2D eigenvalue weighted by Gasteiger charge is 2.75. The topological polar surface area (TPSA) is 86.5 Å². The number of sulfone groups is 1. The lowest BCUT2D eigenvalue weighted by Crippen LogP contribution is -2.33. The van der Waals surface area contributed by atoms with Gasteiger partial charge in [0, 0.05) is 12.5 Å². The smallest absolute Gasteiger partial charge is 0.315 e. The van der Waals surface area contributed by atoms with Gasteiger partial charge in [0.15, 0.2) is 9.84 Å². The maximum Gasteiger partial charge on any atom is 0.315 e. The lowest BCUT2D eigenvalue weighted by atomic mass is 9.99. The van der Waals surface area contributed by atoms with Crippen LogP contribution in [-0.2, 0) is 19.4 Å². The van der Waals surface area contributed by atoms with Crippen LogP contribution in [0, 0.1) is 11.2 Å². The second kappa shape index (κ2) is 6.81. The van der Waals surface area contributed by atoms with E-state index in [1.807, 2.05) is 0 Å². The molecule has 0 saturated heterocycles. The minimum absolute atomic E-state index is 0.120. The molecule has 3 rings (SSSR count). The van der Waals surface area contributed by atoms with Gasteiger partial charge < -0.3 is 10.5 Å². The van der Waals surface area contributed by atoms with Gasteiger partial charge in [-0.05, 0) is 36.8 Å². The largest absolute Gasteiger partial charge is 0.465 e. The summed E-state index contributed by atoms with van der Waals surface area (Å²) in [5.74, 6) is -1.76. The molecule has 138 valence electrons. The molecular weight excluding hydrogens is 357 g/mol. The fourth-order valence-electron chi connectivity index (χ4n) is 3.59. The zero-order chi connectivity index (χ0) is 18.9. The summed E-state index contributed by atoms with van der Waals surface area (Å²) in [5, 5.41) is -1.05. The number of carbonyl (C=O) groups is 1. The van der Waals surface area contributed by atoms with Crippen LogP contribution in [0.5, 0.6) is 0 Å². The third-order valence-corrected chi connectivity index (χ3v) is 7.18. The normalized spacial score (nSPS) is 24.9. The van der Waals surface area contributed by atoms with E-state index in [1.54, 1.807) is 25.1 Å². The molecule has 2 aromatic carbocycles. The van der Waals surface area contributed by atoms with Gasteiger partial charge in [0.1, 0.15) is 11.2 Å². The SMILES string of the molecule is CCOC(=O)[C@@]1(CN)[C@H](c2ccc(F)cc2)[C@@H]1S(=O)(=O)c1ccccc1. The zero-order valence-electron chi connectivity index (χ0n) is 14.3. The molecule has 2 N–H and O–H groups in total. The van der Waals surface area contributed by atoms with Crippen molar-refractivity contribution in [3.8, 4) is 0 Å². The quantitative estimate of drug-likeness (QED) is 0.781. The van der Waals surface area contributed by atoms with Crippen LogP contribution < -0.4 is 5.73 Å². The van der Waals surface area contributed by atoms with Crippen molar-refractivity contribution in [2.24, 2.45) is 11.1 Å². The molecule has 7 heteroatoms. The second-order valence-corrected chi connectivity index (χ2v) is 8.34. The van der Waals surface area contributed by atoms with E-state index < -0.39 is 38.2 Å². The molecule has 0 amide bonds. The molecule has 1 saturated carbocycles. The summed E-state index contributed by atoms with van der Waals surface area (Å²) in [6.45, 7) is 1.59. The third kappa shape index (κ3) is 2.81. The van der Waals surface area contributed by atoms with E-state index in [2.05, 4.69) is 0 Å². The van der Waals surface area contributed by atoms with E-state index in [4.69, 9.17) is 10.5 Å². The van der Waals surface area contributed by atoms with E-state index in [9.17, 15) is 17.6 Å². The van der Waals surface area contributed by atoms with Crippen molar-refractivity contribution < 1.29 is 22.3 Å². The lowest BCUT2D eigenvalue weighted by Gasteiger charge is -2.14. The van der Waals surface area contributed by atoms with Crippen LogP contribution in [-0.4, -0.2) is 32.8 Å². The minimum Gasteiger partial charge on any atom is -0.465 e. The number of ether oxygens (including phenoxy) is 1. The Labute approximate surface area is 151 Å². The molecule has 1 aliphatic rings. The average molecular weight is 377 g/mol. The number of halogens is 1. The average Bonchev–Trinajstić information content (AvgIpc) is 3.35. The van der Waals surface area contributed by atoms with Gasteiger partial charge in [-0.2, -0.15) is 0 Å². The molecule has 0 bridgehead atoms. The Kier molecular flexibility index (Phi) is 4.86. The Morgan fingerprint density at radius 2 is 1.77 bits per heavy atom. The van der Waals surface area contributed by atoms with Crippen molar-refractivity contribution in [1.29, 1.82) is 0 Å². The molecule has 3 atom stereocenters. The highest BCUT2D eigenvalue weighted by Crippen LogP contribution is 2.64. The second-order valence-electron chi connectivity index (χ2n) is 6.27. The number of esters is 1. The summed E-state index contributed by atoms with van der Waals surface area (Å²) in [5.41, 5.74) is 5.06. The molecule has 0 spiro atoms. The van der Waals surface area contributed by atoms with Crippen LogP contribution in [0.2, 0.25) is 0 Å². The molecule has 1 aliphatic carbocycles. The monoisotopic (exact) mass is 377 g/mol. The van der Waals surface area contributed by atoms with Gasteiger partial charge in [0.2, 0.25) is 0 Å². The Hall–Kier alpha value is -2.25. The van der Waals surface area contributed by atoms with Crippen molar-refractivity contribution in [2.75, 3.05) is 13.2 Å². The Morgan fingerprint density at radius 1 is 1.15 bits per heavy atom. The van der Waals surface area contributed by atoms with Crippen molar-refractivity contribution >= 4 is 15.8 Å². The van der Waals surface area contributed by atoms with Crippen LogP contribution in [0.25, 0.3) is 0 Å². The zero-order valence-corrected chi connectivity index (χ0v) is 15.1. The summed E-state index contributed by atoms with van der Waals surface area (Å²) < 4.78 is 44.8. The van der Waals surface area contributed by atoms with Gasteiger partial charge >= 0.3 is 5.97 Å². The van der Waals surface area contributed by atoms with Gasteiger partial charge in [0.05, 0.1) is 16.8 Å². The van der Waals surface area contributed by atoms with Crippen LogP contribution in [0.1, 0.15) is 18.4 Å². The molecule has 1 fully saturated rings. The first-order valence-electron chi connectivity index (χ1n) is 8.31. The van der Waals surface area contributed by atoms with Gasteiger partial charge in [-0.15, -0.1) is 0 Å². The van der Waals surface area contributed by atoms with Crippen molar-refractivity contribution in [3.63, 3.8) is 0 Å². The summed E-state index contributed by atoms with van der Waals surface area (Å²) in [7, 11) is -3.83. The van der Waals surface area contributed by atoms with E-state index in [0.717, 1.165) is 0 Å². The highest BCUT2D eigenvalue weighted by molar-refractivity contribution is 7.92. The van der Waals surface area contributed by atoms with Crippen molar-refractivity contribution in [1.82, 2.24) is 0 Å².